The molecular weight excluding hydrogens is 369 g/mol. The van der Waals surface area contributed by atoms with Crippen molar-refractivity contribution in [2.75, 3.05) is 10.6 Å². The van der Waals surface area contributed by atoms with Crippen molar-refractivity contribution in [1.29, 1.82) is 0 Å². The maximum absolute atomic E-state index is 12.3. The Morgan fingerprint density at radius 3 is 2.42 bits per heavy atom. The lowest BCUT2D eigenvalue weighted by molar-refractivity contribution is 0.102. The van der Waals surface area contributed by atoms with Crippen LogP contribution in [0.4, 0.5) is 11.5 Å². The van der Waals surface area contributed by atoms with Gasteiger partial charge in [-0.15, -0.1) is 0 Å². The van der Waals surface area contributed by atoms with Gasteiger partial charge in [-0.05, 0) is 42.8 Å². The zero-order valence-corrected chi connectivity index (χ0v) is 15.6. The highest BCUT2D eigenvalue weighted by Gasteiger charge is 2.09. The van der Waals surface area contributed by atoms with Crippen molar-refractivity contribution in [3.05, 3.63) is 88.0 Å². The monoisotopic (exact) mass is 385 g/mol. The molecule has 1 heterocycles. The van der Waals surface area contributed by atoms with Gasteiger partial charge in [0, 0.05) is 11.6 Å². The van der Waals surface area contributed by atoms with E-state index in [0.717, 1.165) is 5.82 Å². The van der Waals surface area contributed by atoms with Gasteiger partial charge in [-0.3, -0.25) is 4.79 Å². The summed E-state index contributed by atoms with van der Waals surface area (Å²) in [5.41, 5.74) is 2.20. The number of rotatable bonds is 5. The molecule has 4 nitrogen and oxygen atoms in total. The first-order chi connectivity index (χ1) is 12.5. The van der Waals surface area contributed by atoms with Gasteiger partial charge in [0.2, 0.25) is 0 Å². The Bertz CT molecular complexity index is 899. The molecule has 0 fully saturated rings. The number of hydrogen-bond donors (Lipinski definition) is 2. The van der Waals surface area contributed by atoms with E-state index in [0.29, 0.717) is 21.3 Å². The number of aromatic nitrogens is 1. The molecule has 3 rings (SSSR count). The van der Waals surface area contributed by atoms with Crippen LogP contribution in [0.3, 0.4) is 0 Å². The van der Waals surface area contributed by atoms with Crippen molar-refractivity contribution in [2.24, 2.45) is 0 Å². The summed E-state index contributed by atoms with van der Waals surface area (Å²) in [6.07, 6.45) is 1.61. The third-order valence-corrected chi connectivity index (χ3v) is 4.61. The second-order valence-electron chi connectivity index (χ2n) is 5.79. The fourth-order valence-electron chi connectivity index (χ4n) is 2.44. The molecule has 26 heavy (non-hydrogen) atoms. The van der Waals surface area contributed by atoms with Crippen LogP contribution < -0.4 is 10.6 Å². The van der Waals surface area contributed by atoms with Crippen LogP contribution in [0, 0.1) is 0 Å². The molecule has 0 saturated carbocycles. The molecule has 0 radical (unpaired) electrons. The summed E-state index contributed by atoms with van der Waals surface area (Å²) in [6, 6.07) is 18.6. The Morgan fingerprint density at radius 1 is 1.00 bits per heavy atom. The van der Waals surface area contributed by atoms with Crippen LogP contribution in [0.5, 0.6) is 0 Å². The fourth-order valence-corrected chi connectivity index (χ4v) is 2.74. The van der Waals surface area contributed by atoms with Crippen molar-refractivity contribution in [3.63, 3.8) is 0 Å². The quantitative estimate of drug-likeness (QED) is 0.582. The summed E-state index contributed by atoms with van der Waals surface area (Å²) in [4.78, 5) is 16.6. The zero-order valence-electron chi connectivity index (χ0n) is 14.0. The average Bonchev–Trinajstić information content (AvgIpc) is 2.66. The van der Waals surface area contributed by atoms with Gasteiger partial charge in [0.25, 0.3) is 5.91 Å². The fraction of sp³-hybridized carbons (Fsp3) is 0.100. The summed E-state index contributed by atoms with van der Waals surface area (Å²) in [7, 11) is 0. The number of halogens is 2. The minimum absolute atomic E-state index is 0.125. The Kier molecular flexibility index (Phi) is 5.76. The molecular formula is C20H17Cl2N3O. The van der Waals surface area contributed by atoms with E-state index in [4.69, 9.17) is 23.2 Å². The van der Waals surface area contributed by atoms with E-state index in [1.54, 1.807) is 24.4 Å². The molecule has 0 aliphatic rings. The van der Waals surface area contributed by atoms with Crippen molar-refractivity contribution in [2.45, 2.75) is 13.0 Å². The lowest BCUT2D eigenvalue weighted by Crippen LogP contribution is -2.12. The predicted molar refractivity (Wildman–Crippen MR) is 107 cm³/mol. The van der Waals surface area contributed by atoms with Crippen LogP contribution in [0.2, 0.25) is 10.0 Å². The highest BCUT2D eigenvalue weighted by atomic mass is 35.5. The summed E-state index contributed by atoms with van der Waals surface area (Å²) in [5, 5.41) is 6.86. The third-order valence-electron chi connectivity index (χ3n) is 3.87. The van der Waals surface area contributed by atoms with Crippen molar-refractivity contribution in [3.8, 4) is 0 Å². The minimum atomic E-state index is -0.274. The summed E-state index contributed by atoms with van der Waals surface area (Å²) < 4.78 is 0. The molecule has 0 aliphatic carbocycles. The molecule has 1 aromatic heterocycles. The second kappa shape index (κ2) is 8.21. The van der Waals surface area contributed by atoms with Gasteiger partial charge in [0.15, 0.2) is 0 Å². The topological polar surface area (TPSA) is 54.0 Å². The van der Waals surface area contributed by atoms with Crippen LogP contribution >= 0.6 is 23.2 Å². The van der Waals surface area contributed by atoms with E-state index < -0.39 is 0 Å². The lowest BCUT2D eigenvalue weighted by Gasteiger charge is -2.15. The third kappa shape index (κ3) is 4.54. The van der Waals surface area contributed by atoms with E-state index in [9.17, 15) is 4.79 Å². The SMILES string of the molecule is CC(Nc1ccc(NC(=O)c2ccc(Cl)c(Cl)c2)cn1)c1ccccc1. The zero-order chi connectivity index (χ0) is 18.5. The number of nitrogens with one attached hydrogen (secondary N) is 2. The smallest absolute Gasteiger partial charge is 0.255 e. The first-order valence-corrected chi connectivity index (χ1v) is 8.82. The molecule has 0 spiro atoms. The van der Waals surface area contributed by atoms with E-state index in [1.807, 2.05) is 24.3 Å². The van der Waals surface area contributed by atoms with Crippen molar-refractivity contribution in [1.82, 2.24) is 4.98 Å². The number of carbonyl (C=O) groups excluding carboxylic acids is 1. The minimum Gasteiger partial charge on any atom is -0.364 e. The van der Waals surface area contributed by atoms with Crippen LogP contribution in [-0.4, -0.2) is 10.9 Å². The second-order valence-corrected chi connectivity index (χ2v) is 6.61. The lowest BCUT2D eigenvalue weighted by atomic mass is 10.1. The molecule has 0 saturated heterocycles. The van der Waals surface area contributed by atoms with Crippen LogP contribution in [-0.2, 0) is 0 Å². The van der Waals surface area contributed by atoms with E-state index in [1.165, 1.54) is 11.6 Å². The summed E-state index contributed by atoms with van der Waals surface area (Å²) >= 11 is 11.8. The maximum Gasteiger partial charge on any atom is 0.255 e. The van der Waals surface area contributed by atoms with Gasteiger partial charge in [0.1, 0.15) is 5.82 Å². The van der Waals surface area contributed by atoms with Gasteiger partial charge in [0.05, 0.1) is 21.9 Å². The Morgan fingerprint density at radius 2 is 1.77 bits per heavy atom. The Balaban J connectivity index is 1.64. The van der Waals surface area contributed by atoms with Crippen LogP contribution in [0.1, 0.15) is 28.9 Å². The molecule has 1 amide bonds. The Labute approximate surface area is 162 Å². The van der Waals surface area contributed by atoms with Gasteiger partial charge in [-0.1, -0.05) is 53.5 Å². The van der Waals surface area contributed by atoms with Crippen LogP contribution in [0.25, 0.3) is 0 Å². The highest BCUT2D eigenvalue weighted by Crippen LogP contribution is 2.23. The molecule has 2 N–H and O–H groups in total. The molecule has 0 bridgehead atoms. The molecule has 1 atom stereocenters. The molecule has 1 unspecified atom stereocenters. The number of anilines is 2. The number of pyridine rings is 1. The first kappa shape index (κ1) is 18.2. The largest absolute Gasteiger partial charge is 0.364 e. The van der Waals surface area contributed by atoms with Gasteiger partial charge >= 0.3 is 0 Å². The first-order valence-electron chi connectivity index (χ1n) is 8.07. The Hall–Kier alpha value is -2.56. The molecule has 3 aromatic rings. The van der Waals surface area contributed by atoms with E-state index in [-0.39, 0.29) is 11.9 Å². The summed E-state index contributed by atoms with van der Waals surface area (Å²) in [5.74, 6) is 0.456. The average molecular weight is 386 g/mol. The standard InChI is InChI=1S/C20H17Cl2N3O/c1-13(14-5-3-2-4-6-14)24-19-10-8-16(12-23-19)25-20(26)15-7-9-17(21)18(22)11-15/h2-13H,1H3,(H,23,24)(H,25,26). The van der Waals surface area contributed by atoms with Gasteiger partial charge in [-0.2, -0.15) is 0 Å². The molecule has 0 aliphatic heterocycles. The maximum atomic E-state index is 12.3. The van der Waals surface area contributed by atoms with Crippen molar-refractivity contribution >= 4 is 40.6 Å². The number of benzene rings is 2. The van der Waals surface area contributed by atoms with E-state index >= 15 is 0 Å². The highest BCUT2D eigenvalue weighted by molar-refractivity contribution is 6.42. The van der Waals surface area contributed by atoms with Gasteiger partial charge in [-0.25, -0.2) is 4.98 Å². The van der Waals surface area contributed by atoms with Crippen LogP contribution in [0.15, 0.2) is 66.9 Å². The molecule has 132 valence electrons. The number of carbonyl (C=O) groups is 1. The predicted octanol–water partition coefficient (Wildman–Crippen LogP) is 5.81. The molecule has 2 aromatic carbocycles. The number of nitrogens with zero attached hydrogens (tertiary/aromatic N) is 1. The van der Waals surface area contributed by atoms with E-state index in [2.05, 4.69) is 34.7 Å². The van der Waals surface area contributed by atoms with Crippen molar-refractivity contribution < 1.29 is 4.79 Å². The molecule has 6 heteroatoms. The normalized spacial score (nSPS) is 11.7. The number of amides is 1. The summed E-state index contributed by atoms with van der Waals surface area (Å²) in [6.45, 7) is 2.07. The number of hydrogen-bond acceptors (Lipinski definition) is 3. The van der Waals surface area contributed by atoms with Gasteiger partial charge < -0.3 is 10.6 Å².